The van der Waals surface area contributed by atoms with E-state index in [2.05, 4.69) is 0 Å². The third-order valence-corrected chi connectivity index (χ3v) is 5.71. The van der Waals surface area contributed by atoms with Crippen LogP contribution in [0.1, 0.15) is 29.7 Å². The topological polar surface area (TPSA) is 87.8 Å². The lowest BCUT2D eigenvalue weighted by atomic mass is 9.88. The lowest BCUT2D eigenvalue weighted by Gasteiger charge is -2.30. The number of halogens is 2. The molecule has 0 amide bonds. The molecule has 0 saturated carbocycles. The smallest absolute Gasteiger partial charge is 0.387 e. The van der Waals surface area contributed by atoms with Gasteiger partial charge in [-0.2, -0.15) is 8.78 Å². The Bertz CT molecular complexity index is 1230. The lowest BCUT2D eigenvalue weighted by molar-refractivity contribution is -0.0496. The maximum Gasteiger partial charge on any atom is 0.387 e. The SMILES string of the molecule is CCOc1ccc(C2Oc3cccc(OC(F)F)c3-c3ccc(CS(N)(=O)=O)cc32)cc1. The van der Waals surface area contributed by atoms with Gasteiger partial charge in [0.25, 0.3) is 0 Å². The number of primary sulfonamides is 1. The summed E-state index contributed by atoms with van der Waals surface area (Å²) in [6, 6.07) is 16.9. The molecule has 32 heavy (non-hydrogen) atoms. The van der Waals surface area contributed by atoms with Gasteiger partial charge in [0, 0.05) is 5.56 Å². The van der Waals surface area contributed by atoms with E-state index in [1.807, 2.05) is 31.2 Å². The minimum atomic E-state index is -3.76. The molecule has 0 bridgehead atoms. The van der Waals surface area contributed by atoms with Crippen molar-refractivity contribution in [2.24, 2.45) is 5.14 Å². The van der Waals surface area contributed by atoms with Crippen LogP contribution in [0, 0.1) is 0 Å². The number of hydrogen-bond donors (Lipinski definition) is 1. The van der Waals surface area contributed by atoms with Gasteiger partial charge in [-0.05, 0) is 47.9 Å². The molecule has 0 saturated heterocycles. The van der Waals surface area contributed by atoms with E-state index in [4.69, 9.17) is 19.3 Å². The fourth-order valence-corrected chi connectivity index (χ4v) is 4.44. The van der Waals surface area contributed by atoms with Crippen LogP contribution < -0.4 is 19.3 Å². The summed E-state index contributed by atoms with van der Waals surface area (Å²) in [6.45, 7) is -0.591. The van der Waals surface area contributed by atoms with Gasteiger partial charge in [-0.1, -0.05) is 36.4 Å². The van der Waals surface area contributed by atoms with E-state index < -0.39 is 22.7 Å². The summed E-state index contributed by atoms with van der Waals surface area (Å²) in [7, 11) is -3.76. The number of alkyl halides is 2. The molecule has 4 rings (SSSR count). The van der Waals surface area contributed by atoms with Gasteiger partial charge < -0.3 is 14.2 Å². The molecule has 3 aromatic rings. The predicted molar refractivity (Wildman–Crippen MR) is 115 cm³/mol. The third-order valence-electron chi connectivity index (χ3n) is 4.98. The van der Waals surface area contributed by atoms with Crippen LogP contribution in [0.25, 0.3) is 11.1 Å². The highest BCUT2D eigenvalue weighted by Crippen LogP contribution is 2.49. The first-order chi connectivity index (χ1) is 15.2. The molecule has 1 unspecified atom stereocenters. The van der Waals surface area contributed by atoms with E-state index in [9.17, 15) is 17.2 Å². The number of nitrogens with two attached hydrogens (primary N) is 1. The number of benzene rings is 3. The normalized spacial score (nSPS) is 15.0. The van der Waals surface area contributed by atoms with Crippen LogP contribution in [0.3, 0.4) is 0 Å². The number of rotatable bonds is 7. The van der Waals surface area contributed by atoms with Crippen molar-refractivity contribution >= 4 is 10.0 Å². The first kappa shape index (κ1) is 22.0. The van der Waals surface area contributed by atoms with Gasteiger partial charge in [0.1, 0.15) is 23.4 Å². The Balaban J connectivity index is 1.85. The van der Waals surface area contributed by atoms with Crippen molar-refractivity contribution in [1.29, 1.82) is 0 Å². The van der Waals surface area contributed by atoms with Crippen LogP contribution in [0.15, 0.2) is 60.7 Å². The van der Waals surface area contributed by atoms with E-state index in [1.54, 1.807) is 30.3 Å². The quantitative estimate of drug-likeness (QED) is 0.555. The van der Waals surface area contributed by atoms with E-state index in [0.29, 0.717) is 40.4 Å². The summed E-state index contributed by atoms with van der Waals surface area (Å²) < 4.78 is 65.7. The van der Waals surface area contributed by atoms with Crippen molar-refractivity contribution in [3.05, 3.63) is 77.4 Å². The highest BCUT2D eigenvalue weighted by Gasteiger charge is 2.31. The Morgan fingerprint density at radius 3 is 2.50 bits per heavy atom. The second kappa shape index (κ2) is 8.76. The van der Waals surface area contributed by atoms with Crippen LogP contribution in [0.4, 0.5) is 8.78 Å². The summed E-state index contributed by atoms with van der Waals surface area (Å²) in [6.07, 6.45) is -0.601. The predicted octanol–water partition coefficient (Wildman–Crippen LogP) is 4.62. The number of hydrogen-bond acceptors (Lipinski definition) is 5. The van der Waals surface area contributed by atoms with Gasteiger partial charge in [0.05, 0.1) is 17.9 Å². The molecule has 1 aliphatic heterocycles. The second-order valence-corrected chi connectivity index (χ2v) is 8.85. The molecule has 1 heterocycles. The van der Waals surface area contributed by atoms with Gasteiger partial charge in [0.2, 0.25) is 10.0 Å². The van der Waals surface area contributed by atoms with E-state index in [1.165, 1.54) is 6.07 Å². The molecule has 2 N–H and O–H groups in total. The molecular formula is C23H21F2NO5S. The fourth-order valence-electron chi connectivity index (χ4n) is 3.79. The van der Waals surface area contributed by atoms with Crippen LogP contribution in [0.2, 0.25) is 0 Å². The minimum Gasteiger partial charge on any atom is -0.494 e. The zero-order chi connectivity index (χ0) is 22.9. The highest BCUT2D eigenvalue weighted by atomic mass is 32.2. The minimum absolute atomic E-state index is 0.0249. The average molecular weight is 461 g/mol. The summed E-state index contributed by atoms with van der Waals surface area (Å²) in [4.78, 5) is 0. The summed E-state index contributed by atoms with van der Waals surface area (Å²) in [5.41, 5.74) is 2.86. The standard InChI is InChI=1S/C23H21F2NO5S/c1-2-29-16-9-7-15(8-10-16)22-18-12-14(13-32(26,27)28)6-11-17(18)21-19(30-22)4-3-5-20(21)31-23(24)25/h3-12,22-23H,2,13H2,1H3,(H2,26,27,28). The van der Waals surface area contributed by atoms with Gasteiger partial charge in [-0.3, -0.25) is 0 Å². The van der Waals surface area contributed by atoms with Crippen LogP contribution in [0.5, 0.6) is 17.2 Å². The van der Waals surface area contributed by atoms with E-state index >= 15 is 0 Å². The van der Waals surface area contributed by atoms with Crippen molar-refractivity contribution in [3.63, 3.8) is 0 Å². The van der Waals surface area contributed by atoms with Crippen LogP contribution in [-0.4, -0.2) is 21.6 Å². The maximum atomic E-state index is 13.0. The first-order valence-corrected chi connectivity index (χ1v) is 11.6. The molecule has 0 fully saturated rings. The van der Waals surface area contributed by atoms with E-state index in [-0.39, 0.29) is 11.5 Å². The molecule has 9 heteroatoms. The van der Waals surface area contributed by atoms with Crippen LogP contribution >= 0.6 is 0 Å². The zero-order valence-electron chi connectivity index (χ0n) is 17.1. The molecule has 3 aromatic carbocycles. The molecule has 6 nitrogen and oxygen atoms in total. The third kappa shape index (κ3) is 4.68. The fraction of sp³-hybridized carbons (Fsp3) is 0.217. The Labute approximate surface area is 184 Å². The summed E-state index contributed by atoms with van der Waals surface area (Å²) in [5.74, 6) is 0.693. The molecule has 0 radical (unpaired) electrons. The largest absolute Gasteiger partial charge is 0.494 e. The van der Waals surface area contributed by atoms with Gasteiger partial charge in [-0.25, -0.2) is 13.6 Å². The molecule has 1 aliphatic rings. The molecular weight excluding hydrogens is 440 g/mol. The van der Waals surface area contributed by atoms with Crippen molar-refractivity contribution in [2.75, 3.05) is 6.61 Å². The molecule has 1 atom stereocenters. The average Bonchev–Trinajstić information content (AvgIpc) is 2.72. The Morgan fingerprint density at radius 2 is 1.84 bits per heavy atom. The van der Waals surface area contributed by atoms with Gasteiger partial charge >= 0.3 is 6.61 Å². The molecule has 0 aliphatic carbocycles. The van der Waals surface area contributed by atoms with Gasteiger partial charge in [-0.15, -0.1) is 0 Å². The second-order valence-electron chi connectivity index (χ2n) is 7.24. The molecule has 0 spiro atoms. The van der Waals surface area contributed by atoms with Crippen molar-refractivity contribution in [3.8, 4) is 28.4 Å². The van der Waals surface area contributed by atoms with Crippen molar-refractivity contribution in [1.82, 2.24) is 0 Å². The monoisotopic (exact) mass is 461 g/mol. The van der Waals surface area contributed by atoms with Crippen LogP contribution in [-0.2, 0) is 15.8 Å². The van der Waals surface area contributed by atoms with Gasteiger partial charge in [0.15, 0.2) is 0 Å². The lowest BCUT2D eigenvalue weighted by Crippen LogP contribution is -2.18. The Kier molecular flexibility index (Phi) is 6.03. The Hall–Kier alpha value is -3.17. The number of fused-ring (bicyclic) bond motifs is 3. The first-order valence-electron chi connectivity index (χ1n) is 9.86. The highest BCUT2D eigenvalue weighted by molar-refractivity contribution is 7.88. The maximum absolute atomic E-state index is 13.0. The van der Waals surface area contributed by atoms with Crippen molar-refractivity contribution < 1.29 is 31.4 Å². The zero-order valence-corrected chi connectivity index (χ0v) is 17.9. The molecule has 168 valence electrons. The summed E-state index contributed by atoms with van der Waals surface area (Å²) in [5, 5.41) is 5.21. The molecule has 0 aromatic heterocycles. The van der Waals surface area contributed by atoms with Crippen molar-refractivity contribution in [2.45, 2.75) is 25.4 Å². The number of sulfonamides is 1. The number of ether oxygens (including phenoxy) is 3. The Morgan fingerprint density at radius 1 is 1.09 bits per heavy atom. The summed E-state index contributed by atoms with van der Waals surface area (Å²) >= 11 is 0. The van der Waals surface area contributed by atoms with E-state index in [0.717, 1.165) is 5.56 Å².